The van der Waals surface area contributed by atoms with Crippen molar-refractivity contribution < 1.29 is 19.7 Å². The second kappa shape index (κ2) is 9.15. The Morgan fingerprint density at radius 1 is 1.19 bits per heavy atom. The predicted octanol–water partition coefficient (Wildman–Crippen LogP) is 4.70. The normalized spacial score (nSPS) is 25.9. The summed E-state index contributed by atoms with van der Waals surface area (Å²) < 4.78 is 5.60. The van der Waals surface area contributed by atoms with Gasteiger partial charge in [-0.3, -0.25) is 4.79 Å². The van der Waals surface area contributed by atoms with E-state index in [1.165, 1.54) is 0 Å². The number of nitrogens with zero attached hydrogens (tertiary/aromatic N) is 1. The summed E-state index contributed by atoms with van der Waals surface area (Å²) in [5, 5.41) is 21.6. The molecule has 2 N–H and O–H groups in total. The van der Waals surface area contributed by atoms with Crippen LogP contribution in [0.3, 0.4) is 0 Å². The minimum Gasteiger partial charge on any atom is -0.504 e. The molecule has 164 valence electrons. The Morgan fingerprint density at radius 2 is 2.00 bits per heavy atom. The molecular weight excluding hydrogens is 390 g/mol. The zero-order valence-corrected chi connectivity index (χ0v) is 18.0. The van der Waals surface area contributed by atoms with Gasteiger partial charge in [-0.2, -0.15) is 0 Å². The van der Waals surface area contributed by atoms with Gasteiger partial charge >= 0.3 is 0 Å². The van der Waals surface area contributed by atoms with Gasteiger partial charge in [0.15, 0.2) is 11.5 Å². The Labute approximate surface area is 184 Å². The maximum Gasteiger partial charge on any atom is 0.247 e. The molecular formula is C26H31NO4. The van der Waals surface area contributed by atoms with Crippen LogP contribution in [0.1, 0.15) is 56.2 Å². The molecule has 1 saturated heterocycles. The van der Waals surface area contributed by atoms with Crippen LogP contribution >= 0.6 is 0 Å². The number of phenolic OH excluding ortho intramolecular Hbond substituents is 1. The number of hydrogen-bond acceptors (Lipinski definition) is 4. The second-order valence-corrected chi connectivity index (χ2v) is 8.59. The summed E-state index contributed by atoms with van der Waals surface area (Å²) in [5.74, 6) is 0.398. The number of ether oxygens (including phenoxy) is 1. The van der Waals surface area contributed by atoms with E-state index in [0.717, 1.165) is 36.8 Å². The first-order valence-corrected chi connectivity index (χ1v) is 11.2. The fourth-order valence-electron chi connectivity index (χ4n) is 5.15. The third-order valence-corrected chi connectivity index (χ3v) is 6.69. The highest BCUT2D eigenvalue weighted by molar-refractivity contribution is 5.92. The molecule has 1 aliphatic carbocycles. The average molecular weight is 422 g/mol. The molecule has 3 atom stereocenters. The molecule has 2 aromatic carbocycles. The first kappa shape index (κ1) is 21.4. The largest absolute Gasteiger partial charge is 0.504 e. The van der Waals surface area contributed by atoms with Crippen LogP contribution in [-0.4, -0.2) is 39.8 Å². The van der Waals surface area contributed by atoms with Crippen molar-refractivity contribution in [2.75, 3.05) is 13.2 Å². The number of hydrogen-bond donors (Lipinski definition) is 2. The minimum absolute atomic E-state index is 0.0388. The van der Waals surface area contributed by atoms with Crippen LogP contribution < -0.4 is 4.74 Å². The number of rotatable bonds is 5. The maximum atomic E-state index is 13.3. The number of carbonyl (C=O) groups is 1. The summed E-state index contributed by atoms with van der Waals surface area (Å²) >= 11 is 0. The van der Waals surface area contributed by atoms with Gasteiger partial charge in [0.2, 0.25) is 5.91 Å². The fourth-order valence-corrected chi connectivity index (χ4v) is 5.15. The van der Waals surface area contributed by atoms with E-state index in [1.54, 1.807) is 12.1 Å². The van der Waals surface area contributed by atoms with E-state index in [-0.39, 0.29) is 23.6 Å². The molecule has 4 rings (SSSR count). The molecule has 0 unspecified atom stereocenters. The van der Waals surface area contributed by atoms with E-state index in [1.807, 2.05) is 60.4 Å². The number of aromatic hydroxyl groups is 1. The Kier molecular flexibility index (Phi) is 6.33. The smallest absolute Gasteiger partial charge is 0.247 e. The quantitative estimate of drug-likeness (QED) is 0.687. The maximum absolute atomic E-state index is 13.3. The minimum atomic E-state index is -0.757. The van der Waals surface area contributed by atoms with Gasteiger partial charge in [0, 0.05) is 18.5 Å². The monoisotopic (exact) mass is 421 g/mol. The number of likely N-dealkylation sites (tertiary alicyclic amines) is 1. The van der Waals surface area contributed by atoms with Crippen LogP contribution in [0.25, 0.3) is 6.08 Å². The molecule has 0 bridgehead atoms. The average Bonchev–Trinajstić information content (AvgIpc) is 2.79. The van der Waals surface area contributed by atoms with E-state index < -0.39 is 5.60 Å². The summed E-state index contributed by atoms with van der Waals surface area (Å²) in [6.07, 6.45) is 7.76. The van der Waals surface area contributed by atoms with Crippen LogP contribution in [0.4, 0.5) is 0 Å². The van der Waals surface area contributed by atoms with E-state index in [2.05, 4.69) is 0 Å². The lowest BCUT2D eigenvalue weighted by Crippen LogP contribution is -2.56. The van der Waals surface area contributed by atoms with Gasteiger partial charge in [-0.1, -0.05) is 49.2 Å². The SMILES string of the molecule is CCOc1cc([C@@H]2[C@@H]3CCCC[C@]3(O)CCN2C(=O)/C=C/c2ccccc2)ccc1O. The molecule has 0 spiro atoms. The highest BCUT2D eigenvalue weighted by Gasteiger charge is 2.50. The number of carbonyl (C=O) groups excluding carboxylic acids is 1. The van der Waals surface area contributed by atoms with E-state index in [0.29, 0.717) is 25.3 Å². The van der Waals surface area contributed by atoms with Crippen molar-refractivity contribution in [3.8, 4) is 11.5 Å². The molecule has 2 aliphatic rings. The molecule has 2 fully saturated rings. The molecule has 0 aromatic heterocycles. The van der Waals surface area contributed by atoms with Gasteiger partial charge in [-0.15, -0.1) is 0 Å². The van der Waals surface area contributed by atoms with Crippen molar-refractivity contribution in [1.82, 2.24) is 4.90 Å². The van der Waals surface area contributed by atoms with E-state index in [9.17, 15) is 15.0 Å². The molecule has 0 radical (unpaired) electrons. The number of piperidine rings is 1. The lowest BCUT2D eigenvalue weighted by atomic mass is 9.66. The van der Waals surface area contributed by atoms with Gasteiger partial charge in [0.25, 0.3) is 0 Å². The van der Waals surface area contributed by atoms with Gasteiger partial charge in [0.05, 0.1) is 18.2 Å². The van der Waals surface area contributed by atoms with Crippen molar-refractivity contribution in [2.45, 2.75) is 50.7 Å². The molecule has 1 aliphatic heterocycles. The van der Waals surface area contributed by atoms with Gasteiger partial charge in [-0.05, 0) is 55.5 Å². The molecule has 1 heterocycles. The number of phenols is 1. The van der Waals surface area contributed by atoms with Crippen molar-refractivity contribution in [2.24, 2.45) is 5.92 Å². The molecule has 2 aromatic rings. The number of aliphatic hydroxyl groups is 1. The zero-order valence-electron chi connectivity index (χ0n) is 18.0. The first-order valence-electron chi connectivity index (χ1n) is 11.2. The summed E-state index contributed by atoms with van der Waals surface area (Å²) in [6, 6.07) is 14.8. The Hall–Kier alpha value is -2.79. The Balaban J connectivity index is 1.69. The summed E-state index contributed by atoms with van der Waals surface area (Å²) in [6.45, 7) is 2.81. The van der Waals surface area contributed by atoms with Gasteiger partial charge < -0.3 is 19.8 Å². The number of fused-ring (bicyclic) bond motifs is 1. The van der Waals surface area contributed by atoms with Crippen molar-refractivity contribution in [1.29, 1.82) is 0 Å². The third-order valence-electron chi connectivity index (χ3n) is 6.69. The van der Waals surface area contributed by atoms with Crippen molar-refractivity contribution in [3.63, 3.8) is 0 Å². The lowest BCUT2D eigenvalue weighted by Gasteiger charge is -2.52. The van der Waals surface area contributed by atoms with Crippen molar-refractivity contribution in [3.05, 3.63) is 65.7 Å². The highest BCUT2D eigenvalue weighted by atomic mass is 16.5. The second-order valence-electron chi connectivity index (χ2n) is 8.59. The predicted molar refractivity (Wildman–Crippen MR) is 121 cm³/mol. The highest BCUT2D eigenvalue weighted by Crippen LogP contribution is 2.50. The van der Waals surface area contributed by atoms with Crippen LogP contribution in [-0.2, 0) is 4.79 Å². The number of amides is 1. The van der Waals surface area contributed by atoms with Crippen LogP contribution in [0.2, 0.25) is 0 Å². The van der Waals surface area contributed by atoms with E-state index in [4.69, 9.17) is 4.74 Å². The van der Waals surface area contributed by atoms with E-state index >= 15 is 0 Å². The summed E-state index contributed by atoms with van der Waals surface area (Å²) in [7, 11) is 0. The fraction of sp³-hybridized carbons (Fsp3) is 0.423. The third kappa shape index (κ3) is 4.47. The number of benzene rings is 2. The topological polar surface area (TPSA) is 70.0 Å². The van der Waals surface area contributed by atoms with Crippen LogP contribution in [0.15, 0.2) is 54.6 Å². The Bertz CT molecular complexity index is 942. The van der Waals surface area contributed by atoms with Gasteiger partial charge in [-0.25, -0.2) is 0 Å². The summed E-state index contributed by atoms with van der Waals surface area (Å²) in [4.78, 5) is 15.2. The molecule has 31 heavy (non-hydrogen) atoms. The lowest BCUT2D eigenvalue weighted by molar-refractivity contribution is -0.150. The molecule has 5 heteroatoms. The first-order chi connectivity index (χ1) is 15.0. The zero-order chi connectivity index (χ0) is 21.8. The molecule has 1 saturated carbocycles. The van der Waals surface area contributed by atoms with Crippen molar-refractivity contribution >= 4 is 12.0 Å². The molecule has 5 nitrogen and oxygen atoms in total. The van der Waals surface area contributed by atoms with Gasteiger partial charge in [0.1, 0.15) is 0 Å². The molecule has 1 amide bonds. The standard InChI is InChI=1S/C26H31NO4/c1-2-31-23-18-20(12-13-22(23)28)25-21-10-6-7-15-26(21,30)16-17-27(25)24(29)14-11-19-8-4-3-5-9-19/h3-5,8-9,11-14,18,21,25,28,30H,2,6-7,10,15-17H2,1H3/b14-11+/t21-,25+,26-/m0/s1. The Morgan fingerprint density at radius 3 is 2.77 bits per heavy atom. The summed E-state index contributed by atoms with van der Waals surface area (Å²) in [5.41, 5.74) is 1.11. The van der Waals surface area contributed by atoms with Crippen LogP contribution in [0, 0.1) is 5.92 Å². The van der Waals surface area contributed by atoms with Crippen LogP contribution in [0.5, 0.6) is 11.5 Å².